The summed E-state index contributed by atoms with van der Waals surface area (Å²) in [5.74, 6) is 0. The van der Waals surface area contributed by atoms with E-state index in [-0.39, 0.29) is 53.8 Å². The van der Waals surface area contributed by atoms with E-state index in [0.29, 0.717) is 0 Å². The fraction of sp³-hybridized carbons (Fsp3) is 0. The molecule has 0 aliphatic rings. The van der Waals surface area contributed by atoms with E-state index in [9.17, 15) is 0 Å². The fourth-order valence-corrected chi connectivity index (χ4v) is 0. The average molecular weight is 163 g/mol. The monoisotopic (exact) mass is 164 g/mol. The van der Waals surface area contributed by atoms with Gasteiger partial charge in [0.15, 0.2) is 17.4 Å². The Morgan fingerprint density at radius 3 is 1.20 bits per heavy atom. The first-order valence-electron chi connectivity index (χ1n) is 0.204. The maximum absolute atomic E-state index is 8.06. The zero-order valence-corrected chi connectivity index (χ0v) is 1.91. The third-order valence-electron chi connectivity index (χ3n) is 0. The van der Waals surface area contributed by atoms with Gasteiger partial charge < -0.3 is 0 Å². The van der Waals surface area contributed by atoms with Gasteiger partial charge in [0.25, 0.3) is 0 Å². The Labute approximate surface area is 67.2 Å². The van der Waals surface area contributed by atoms with E-state index in [2.05, 4.69) is 0 Å². The van der Waals surface area contributed by atoms with Crippen molar-refractivity contribution in [1.82, 2.24) is 0 Å². The molecule has 1 nitrogen and oxygen atoms in total. The summed E-state index contributed by atoms with van der Waals surface area (Å²) in [7, 11) is 1.72. The molecule has 0 aliphatic carbocycles. The van der Waals surface area contributed by atoms with E-state index in [1.807, 2.05) is 0 Å². The van der Waals surface area contributed by atoms with Gasteiger partial charge in [-0.05, 0) is 0 Å². The van der Waals surface area contributed by atoms with Crippen molar-refractivity contribution in [1.29, 1.82) is 0 Å². The number of hydrogen-bond acceptors (Lipinski definition) is 1. The molecule has 0 radical (unpaired) electrons. The third kappa shape index (κ3) is 26.1. The molecule has 0 bridgehead atoms. The molecule has 0 heterocycles. The van der Waals surface area contributed by atoms with Crippen LogP contribution in [0.4, 0.5) is 0 Å². The van der Waals surface area contributed by atoms with Gasteiger partial charge in [-0.15, -0.1) is 0 Å². The first-order chi connectivity index (χ1) is 1.00. The van der Waals surface area contributed by atoms with E-state index < -0.39 is 0 Å². The Morgan fingerprint density at radius 1 is 1.20 bits per heavy atom. The predicted molar refractivity (Wildman–Crippen MR) is 37.4 cm³/mol. The number of hydrogen-bond donors (Lipinski definition) is 0. The van der Waals surface area contributed by atoms with Crippen molar-refractivity contribution in [2.24, 2.45) is 0 Å². The fourth-order valence-electron chi connectivity index (χ4n) is 0. The molecule has 0 rings (SSSR count). The van der Waals surface area contributed by atoms with Crippen molar-refractivity contribution in [3.63, 3.8) is 0 Å². The van der Waals surface area contributed by atoms with E-state index in [1.54, 1.807) is 9.12 Å². The van der Waals surface area contributed by atoms with Crippen molar-refractivity contribution in [2.45, 2.75) is 0 Å². The van der Waals surface area contributed by atoms with Crippen molar-refractivity contribution in [3.8, 4) is 0 Å². The minimum absolute atomic E-state index is 0. The van der Waals surface area contributed by atoms with E-state index >= 15 is 0 Å². The summed E-state index contributed by atoms with van der Waals surface area (Å²) in [4.78, 5) is 0. The van der Waals surface area contributed by atoms with Crippen molar-refractivity contribution >= 4 is 62.9 Å². The normalized spacial score (nSPS) is 0.800. The van der Waals surface area contributed by atoms with Crippen LogP contribution in [0.2, 0.25) is 0 Å². The molecule has 0 unspecified atom stereocenters. The van der Waals surface area contributed by atoms with Crippen LogP contribution in [0.3, 0.4) is 0 Å². The van der Waals surface area contributed by atoms with Crippen molar-refractivity contribution < 1.29 is 4.57 Å². The molecule has 0 atom stereocenters. The van der Waals surface area contributed by atoms with Gasteiger partial charge in [-0.3, -0.25) is 4.57 Å². The Hall–Kier alpha value is 1.77. The van der Waals surface area contributed by atoms with Crippen LogP contribution in [0.25, 0.3) is 0 Å². The van der Waals surface area contributed by atoms with Gasteiger partial charge in [-0.1, -0.05) is 0 Å². The molecule has 0 saturated heterocycles. The molecule has 0 fully saturated rings. The van der Waals surface area contributed by atoms with Gasteiger partial charge in [0, 0.05) is 0 Å². The van der Waals surface area contributed by atoms with E-state index in [0.717, 1.165) is 0 Å². The molecule has 0 aliphatic heterocycles. The van der Waals surface area contributed by atoms with Gasteiger partial charge in [-0.25, -0.2) is 0 Å². The average Bonchev–Trinajstić information content (AvgIpc) is 1.00. The Kier molecular flexibility index (Phi) is 246. The molecular formula is H9AlGeLiOP. The van der Waals surface area contributed by atoms with Crippen LogP contribution >= 0.6 is 9.12 Å². The number of rotatable bonds is 0. The first kappa shape index (κ1) is 29.4. The summed E-state index contributed by atoms with van der Waals surface area (Å²) >= 11 is 0. The quantitative estimate of drug-likeness (QED) is 0.278. The Bertz CT molecular complexity index is 11.6. The van der Waals surface area contributed by atoms with Crippen LogP contribution < -0.4 is 0 Å². The SMILES string of the molecule is O=P.[AlH3].[GeH4].[LiH]. The second kappa shape index (κ2) is 41.8. The molecule has 0 saturated carbocycles. The van der Waals surface area contributed by atoms with Crippen LogP contribution in [0.15, 0.2) is 0 Å². The van der Waals surface area contributed by atoms with E-state index in [4.69, 9.17) is 4.57 Å². The molecule has 28 valence electrons. The van der Waals surface area contributed by atoms with Crippen LogP contribution in [0.5, 0.6) is 0 Å². The predicted octanol–water partition coefficient (Wildman–Crippen LogP) is -2.81. The topological polar surface area (TPSA) is 17.1 Å². The summed E-state index contributed by atoms with van der Waals surface area (Å²) in [5.41, 5.74) is 0. The maximum atomic E-state index is 8.06. The molecule has 0 aromatic heterocycles. The Morgan fingerprint density at radius 2 is 1.20 bits per heavy atom. The molecule has 0 N–H and O–H groups in total. The molecule has 0 aromatic carbocycles. The van der Waals surface area contributed by atoms with Crippen molar-refractivity contribution in [2.75, 3.05) is 0 Å². The molecule has 5 heteroatoms. The van der Waals surface area contributed by atoms with Gasteiger partial charge in [0.2, 0.25) is 0 Å². The van der Waals surface area contributed by atoms with Gasteiger partial charge in [0.1, 0.15) is 9.12 Å². The minimum atomic E-state index is 0. The second-order valence-electron chi connectivity index (χ2n) is 0. The molecule has 0 spiro atoms. The summed E-state index contributed by atoms with van der Waals surface area (Å²) in [5, 5.41) is 0. The van der Waals surface area contributed by atoms with Crippen LogP contribution in [0, 0.1) is 0 Å². The van der Waals surface area contributed by atoms with Gasteiger partial charge in [-0.2, -0.15) is 0 Å². The second-order valence-corrected chi connectivity index (χ2v) is 0. The van der Waals surface area contributed by atoms with Gasteiger partial charge >= 0.3 is 36.5 Å². The van der Waals surface area contributed by atoms with E-state index in [1.165, 1.54) is 0 Å². The molecular weight excluding hydrogens is 154 g/mol. The van der Waals surface area contributed by atoms with Crippen LogP contribution in [-0.4, -0.2) is 53.8 Å². The summed E-state index contributed by atoms with van der Waals surface area (Å²) in [6.45, 7) is 0. The Balaban J connectivity index is -0.00000000167. The first-order valence-corrected chi connectivity index (χ1v) is 0.612. The van der Waals surface area contributed by atoms with Crippen LogP contribution in [-0.2, 0) is 4.57 Å². The van der Waals surface area contributed by atoms with Gasteiger partial charge in [0.05, 0.1) is 0 Å². The van der Waals surface area contributed by atoms with Crippen LogP contribution in [0.1, 0.15) is 0 Å². The zero-order valence-electron chi connectivity index (χ0n) is 0.908. The van der Waals surface area contributed by atoms with Crippen molar-refractivity contribution in [3.05, 3.63) is 0 Å². The third-order valence-corrected chi connectivity index (χ3v) is 0. The molecule has 5 heavy (non-hydrogen) atoms. The zero-order chi connectivity index (χ0) is 2.00. The molecule has 0 aromatic rings. The summed E-state index contributed by atoms with van der Waals surface area (Å²) in [6, 6.07) is 0. The summed E-state index contributed by atoms with van der Waals surface area (Å²) in [6.07, 6.45) is 0. The molecule has 0 amide bonds. The standard InChI is InChI=1S/Al.GeH4.Li.HOP.4H/c;;;1-2;;;;/h;1H4;;2H;;;;. The summed E-state index contributed by atoms with van der Waals surface area (Å²) < 4.78 is 8.06.